The minimum Gasteiger partial charge on any atom is -0.356 e. The molecule has 1 spiro atoms. The van der Waals surface area contributed by atoms with Gasteiger partial charge in [-0.2, -0.15) is 0 Å². The second kappa shape index (κ2) is 3.89. The molecule has 0 unspecified atom stereocenters. The van der Waals surface area contributed by atoms with Crippen molar-refractivity contribution in [2.24, 2.45) is 5.41 Å². The minimum atomic E-state index is -2.42. The van der Waals surface area contributed by atoms with Gasteiger partial charge >= 0.3 is 0 Å². The first-order valence-corrected chi connectivity index (χ1v) is 7.48. The van der Waals surface area contributed by atoms with E-state index in [0.29, 0.717) is 31.8 Å². The Balaban J connectivity index is 1.51. The van der Waals surface area contributed by atoms with Crippen LogP contribution < -0.4 is 4.90 Å². The van der Waals surface area contributed by atoms with Crippen molar-refractivity contribution in [1.29, 1.82) is 0 Å². The Morgan fingerprint density at radius 2 is 1.85 bits per heavy atom. The third-order valence-electron chi connectivity index (χ3n) is 5.10. The lowest BCUT2D eigenvalue weighted by Crippen LogP contribution is -2.37. The molecule has 2 heterocycles. The van der Waals surface area contributed by atoms with Gasteiger partial charge < -0.3 is 4.90 Å². The average molecular weight is 279 g/mol. The number of aromatic nitrogens is 2. The number of aryl methyl sites for hydroxylation is 1. The van der Waals surface area contributed by atoms with Crippen LogP contribution in [0.4, 0.5) is 14.6 Å². The minimum absolute atomic E-state index is 0.0873. The fourth-order valence-corrected chi connectivity index (χ4v) is 3.41. The van der Waals surface area contributed by atoms with E-state index in [0.717, 1.165) is 17.3 Å². The molecule has 1 aromatic heterocycles. The van der Waals surface area contributed by atoms with E-state index in [2.05, 4.69) is 20.9 Å². The van der Waals surface area contributed by atoms with Crippen molar-refractivity contribution in [3.8, 4) is 0 Å². The lowest BCUT2D eigenvalue weighted by atomic mass is 9.93. The van der Waals surface area contributed by atoms with E-state index in [9.17, 15) is 8.78 Å². The van der Waals surface area contributed by atoms with Gasteiger partial charge in [-0.25, -0.2) is 18.7 Å². The maximum absolute atomic E-state index is 13.4. The van der Waals surface area contributed by atoms with E-state index in [1.807, 2.05) is 6.92 Å². The fourth-order valence-electron chi connectivity index (χ4n) is 3.41. The molecular formula is C15H19F2N3. The van der Waals surface area contributed by atoms with Crippen molar-refractivity contribution in [3.05, 3.63) is 17.6 Å². The van der Waals surface area contributed by atoms with Crippen LogP contribution in [0.5, 0.6) is 0 Å². The zero-order chi connectivity index (χ0) is 14.0. The molecule has 3 nitrogen and oxygen atoms in total. The van der Waals surface area contributed by atoms with E-state index in [4.69, 9.17) is 0 Å². The molecule has 4 rings (SSSR count). The summed E-state index contributed by atoms with van der Waals surface area (Å²) in [5.74, 6) is -0.0983. The van der Waals surface area contributed by atoms with Crippen LogP contribution in [0, 0.1) is 12.3 Å². The molecule has 0 radical (unpaired) electrons. The number of hydrogen-bond acceptors (Lipinski definition) is 3. The predicted molar refractivity (Wildman–Crippen MR) is 72.2 cm³/mol. The largest absolute Gasteiger partial charge is 0.356 e. The second-order valence-electron chi connectivity index (χ2n) is 6.62. The van der Waals surface area contributed by atoms with Crippen molar-refractivity contribution < 1.29 is 8.78 Å². The Bertz CT molecular complexity index is 546. The molecule has 5 heteroatoms. The highest BCUT2D eigenvalue weighted by Gasteiger charge is 2.70. The third-order valence-corrected chi connectivity index (χ3v) is 5.10. The van der Waals surface area contributed by atoms with Crippen molar-refractivity contribution in [2.45, 2.75) is 50.9 Å². The van der Waals surface area contributed by atoms with Crippen LogP contribution in [0.25, 0.3) is 0 Å². The lowest BCUT2D eigenvalue weighted by molar-refractivity contribution is 0.0536. The predicted octanol–water partition coefficient (Wildman–Crippen LogP) is 3.29. The van der Waals surface area contributed by atoms with Crippen molar-refractivity contribution >= 4 is 5.82 Å². The van der Waals surface area contributed by atoms with Gasteiger partial charge in [-0.3, -0.25) is 0 Å². The molecule has 1 aromatic rings. The van der Waals surface area contributed by atoms with E-state index < -0.39 is 11.3 Å². The summed E-state index contributed by atoms with van der Waals surface area (Å²) < 4.78 is 26.8. The standard InChI is InChI=1S/C15H19F2N3/c1-10-18-12(11-2-3-11)8-13(19-10)20-6-4-14(5-7-20)9-15(14,16)17/h8,11H,2-7,9H2,1H3. The van der Waals surface area contributed by atoms with Crippen molar-refractivity contribution in [3.63, 3.8) is 0 Å². The van der Waals surface area contributed by atoms with Gasteiger partial charge in [0.25, 0.3) is 5.92 Å². The molecule has 3 aliphatic rings. The number of halogens is 2. The van der Waals surface area contributed by atoms with E-state index in [1.54, 1.807) is 0 Å². The normalized spacial score (nSPS) is 26.9. The number of hydrogen-bond donors (Lipinski definition) is 0. The summed E-state index contributed by atoms with van der Waals surface area (Å²) >= 11 is 0. The number of anilines is 1. The zero-order valence-corrected chi connectivity index (χ0v) is 11.7. The Morgan fingerprint density at radius 1 is 1.20 bits per heavy atom. The quantitative estimate of drug-likeness (QED) is 0.832. The van der Waals surface area contributed by atoms with Crippen LogP contribution in [0.2, 0.25) is 0 Å². The van der Waals surface area contributed by atoms with E-state index in [-0.39, 0.29) is 6.42 Å². The molecule has 0 amide bonds. The number of alkyl halides is 2. The SMILES string of the molecule is Cc1nc(C2CC2)cc(N2CCC3(CC2)CC3(F)F)n1. The monoisotopic (exact) mass is 279 g/mol. The molecular weight excluding hydrogens is 260 g/mol. The van der Waals surface area contributed by atoms with E-state index in [1.165, 1.54) is 12.8 Å². The van der Waals surface area contributed by atoms with Gasteiger partial charge in [-0.1, -0.05) is 0 Å². The molecule has 0 N–H and O–H groups in total. The zero-order valence-electron chi connectivity index (χ0n) is 11.7. The van der Waals surface area contributed by atoms with Crippen molar-refractivity contribution in [1.82, 2.24) is 9.97 Å². The van der Waals surface area contributed by atoms with Gasteiger partial charge in [0.05, 0.1) is 0 Å². The van der Waals surface area contributed by atoms with Crippen LogP contribution in [-0.2, 0) is 0 Å². The van der Waals surface area contributed by atoms with Gasteiger partial charge in [-0.05, 0) is 32.6 Å². The van der Waals surface area contributed by atoms with Gasteiger partial charge in [0, 0.05) is 42.6 Å². The Hall–Kier alpha value is -1.26. The molecule has 2 aliphatic carbocycles. The van der Waals surface area contributed by atoms with Crippen LogP contribution in [0.3, 0.4) is 0 Å². The van der Waals surface area contributed by atoms with E-state index >= 15 is 0 Å². The highest BCUT2D eigenvalue weighted by atomic mass is 19.3. The Morgan fingerprint density at radius 3 is 2.40 bits per heavy atom. The van der Waals surface area contributed by atoms with Gasteiger partial charge in [-0.15, -0.1) is 0 Å². The van der Waals surface area contributed by atoms with Gasteiger partial charge in [0.15, 0.2) is 0 Å². The van der Waals surface area contributed by atoms with Crippen LogP contribution in [0.15, 0.2) is 6.07 Å². The maximum Gasteiger partial charge on any atom is 0.254 e. The number of nitrogens with zero attached hydrogens (tertiary/aromatic N) is 3. The molecule has 2 saturated carbocycles. The number of rotatable bonds is 2. The highest BCUT2D eigenvalue weighted by molar-refractivity contribution is 5.42. The summed E-state index contributed by atoms with van der Waals surface area (Å²) in [7, 11) is 0. The summed E-state index contributed by atoms with van der Waals surface area (Å²) in [6.45, 7) is 3.29. The maximum atomic E-state index is 13.4. The first-order chi connectivity index (χ1) is 9.49. The second-order valence-corrected chi connectivity index (χ2v) is 6.62. The Labute approximate surface area is 117 Å². The molecule has 108 valence electrons. The lowest BCUT2D eigenvalue weighted by Gasteiger charge is -2.33. The van der Waals surface area contributed by atoms with Crippen LogP contribution in [0.1, 0.15) is 49.5 Å². The van der Waals surface area contributed by atoms with Crippen molar-refractivity contribution in [2.75, 3.05) is 18.0 Å². The molecule has 0 aromatic carbocycles. The van der Waals surface area contributed by atoms with Crippen LogP contribution in [-0.4, -0.2) is 29.0 Å². The molecule has 3 fully saturated rings. The Kier molecular flexibility index (Phi) is 2.43. The fraction of sp³-hybridized carbons (Fsp3) is 0.733. The topological polar surface area (TPSA) is 29.0 Å². The molecule has 0 atom stereocenters. The highest BCUT2D eigenvalue weighted by Crippen LogP contribution is 2.65. The molecule has 0 bridgehead atoms. The summed E-state index contributed by atoms with van der Waals surface area (Å²) in [6, 6.07) is 2.06. The molecule has 1 saturated heterocycles. The summed E-state index contributed by atoms with van der Waals surface area (Å²) in [4.78, 5) is 11.1. The average Bonchev–Trinajstić information content (AvgIpc) is 3.28. The van der Waals surface area contributed by atoms with Gasteiger partial charge in [0.2, 0.25) is 0 Å². The number of piperidine rings is 1. The molecule has 1 aliphatic heterocycles. The summed E-state index contributed by atoms with van der Waals surface area (Å²) in [5, 5.41) is 0. The smallest absolute Gasteiger partial charge is 0.254 e. The summed E-state index contributed by atoms with van der Waals surface area (Å²) in [5.41, 5.74) is 0.440. The first-order valence-electron chi connectivity index (χ1n) is 7.48. The first kappa shape index (κ1) is 12.5. The third kappa shape index (κ3) is 1.90. The van der Waals surface area contributed by atoms with Gasteiger partial charge in [0.1, 0.15) is 11.6 Å². The molecule has 20 heavy (non-hydrogen) atoms. The summed E-state index contributed by atoms with van der Waals surface area (Å²) in [6.07, 6.45) is 3.68. The van der Waals surface area contributed by atoms with Crippen LogP contribution >= 0.6 is 0 Å².